The number of rotatable bonds is 2. The molecular weight excluding hydrogens is 451 g/mol. The zero-order valence-corrected chi connectivity index (χ0v) is 18.0. The number of carboxylic acids is 1. The summed E-state index contributed by atoms with van der Waals surface area (Å²) in [5.41, 5.74) is 1.63. The first kappa shape index (κ1) is 23.4. The normalized spacial score (nSPS) is 31.0. The van der Waals surface area contributed by atoms with Gasteiger partial charge in [-0.25, -0.2) is 4.79 Å². The van der Waals surface area contributed by atoms with Gasteiger partial charge in [-0.05, 0) is 37.4 Å². The first-order chi connectivity index (χ1) is 15.5. The monoisotopic (exact) mass is 475 g/mol. The number of hydrogen-bond acceptors (Lipinski definition) is 8. The number of aliphatic hydroxyl groups excluding tert-OH is 1. The first-order valence-electron chi connectivity index (χ1n) is 10.4. The van der Waals surface area contributed by atoms with Crippen LogP contribution in [0.25, 0.3) is 0 Å². The predicted octanol–water partition coefficient (Wildman–Crippen LogP) is 1.97. The van der Waals surface area contributed by atoms with Crippen LogP contribution in [-0.4, -0.2) is 71.9 Å². The quantitative estimate of drug-likeness (QED) is 0.620. The molecule has 0 amide bonds. The Bertz CT molecular complexity index is 968. The van der Waals surface area contributed by atoms with Crippen molar-refractivity contribution in [3.63, 3.8) is 0 Å². The molecule has 1 saturated carbocycles. The average molecular weight is 475 g/mol. The van der Waals surface area contributed by atoms with Crippen LogP contribution in [0.3, 0.4) is 0 Å². The predicted molar refractivity (Wildman–Crippen MR) is 104 cm³/mol. The highest BCUT2D eigenvalue weighted by molar-refractivity contribution is 5.73. The molecule has 5 atom stereocenters. The van der Waals surface area contributed by atoms with Gasteiger partial charge in [0.15, 0.2) is 11.5 Å². The van der Waals surface area contributed by atoms with Gasteiger partial charge in [0.1, 0.15) is 12.2 Å². The van der Waals surface area contributed by atoms with Gasteiger partial charge in [-0.1, -0.05) is 0 Å². The summed E-state index contributed by atoms with van der Waals surface area (Å²) in [7, 11) is 1.64. The number of methoxy groups -OCH3 is 1. The molecular formula is C21H24F3NO8. The van der Waals surface area contributed by atoms with Gasteiger partial charge in [0, 0.05) is 30.5 Å². The maximum atomic E-state index is 11.5. The van der Waals surface area contributed by atoms with Crippen LogP contribution < -0.4 is 14.2 Å². The van der Waals surface area contributed by atoms with Crippen molar-refractivity contribution in [2.75, 3.05) is 20.4 Å². The number of carbonyl (C=O) groups is 2. The second-order valence-corrected chi connectivity index (χ2v) is 8.42. The number of aliphatic hydroxyl groups is 1. The number of nitrogens with zero attached hydrogens (tertiary/aromatic N) is 1. The van der Waals surface area contributed by atoms with Gasteiger partial charge < -0.3 is 29.2 Å². The van der Waals surface area contributed by atoms with Crippen molar-refractivity contribution in [3.05, 3.63) is 17.2 Å². The molecule has 4 aliphatic rings. The standard InChI is InChI=1S/C19H23NO6.C2HF3O2/c1-10(21)26-13-3-4-15-19(18(13)22)5-6-20(15)8-11-12(19)7-14-17(16(11)23-2)25-9-24-14;3-2(4,5)1(6)7/h7,13,15,18,22H,3-6,8-9H2,1-2H3;(H,6,7)/t13-,15+,18-,19-;/m0./s1. The van der Waals surface area contributed by atoms with E-state index in [9.17, 15) is 23.1 Å². The molecule has 182 valence electrons. The molecule has 0 aromatic heterocycles. The van der Waals surface area contributed by atoms with E-state index in [0.29, 0.717) is 23.7 Å². The van der Waals surface area contributed by atoms with E-state index in [-0.39, 0.29) is 18.8 Å². The second-order valence-electron chi connectivity index (χ2n) is 8.42. The van der Waals surface area contributed by atoms with Crippen molar-refractivity contribution >= 4 is 11.9 Å². The van der Waals surface area contributed by atoms with E-state index in [1.54, 1.807) is 7.11 Å². The van der Waals surface area contributed by atoms with E-state index in [4.69, 9.17) is 28.8 Å². The molecule has 0 radical (unpaired) electrons. The molecule has 1 aromatic rings. The average Bonchev–Trinajstić information content (AvgIpc) is 3.31. The molecule has 1 aliphatic carbocycles. The Kier molecular flexibility index (Phi) is 5.85. The summed E-state index contributed by atoms with van der Waals surface area (Å²) in [6.45, 7) is 3.24. The van der Waals surface area contributed by atoms with E-state index in [0.717, 1.165) is 37.1 Å². The zero-order valence-electron chi connectivity index (χ0n) is 18.0. The van der Waals surface area contributed by atoms with E-state index in [2.05, 4.69) is 4.90 Å². The topological polar surface area (TPSA) is 115 Å². The summed E-state index contributed by atoms with van der Waals surface area (Å²) in [5, 5.41) is 18.5. The van der Waals surface area contributed by atoms with Crippen LogP contribution in [0.4, 0.5) is 13.2 Å². The SMILES string of the molecule is COc1c2c(cc3c1OCO3)[C@@]13CCN(C2)[C@@H]1CC[C@H](OC(C)=O)[C@@H]3O.O=C(O)C(F)(F)F. The molecule has 2 N–H and O–H groups in total. The summed E-state index contributed by atoms with van der Waals surface area (Å²) in [4.78, 5) is 22.8. The maximum Gasteiger partial charge on any atom is 0.490 e. The smallest absolute Gasteiger partial charge is 0.490 e. The molecule has 1 unspecified atom stereocenters. The molecule has 33 heavy (non-hydrogen) atoms. The highest BCUT2D eigenvalue weighted by atomic mass is 19.4. The Morgan fingerprint density at radius 2 is 1.97 bits per heavy atom. The van der Waals surface area contributed by atoms with Crippen LogP contribution in [0.15, 0.2) is 6.07 Å². The largest absolute Gasteiger partial charge is 0.492 e. The summed E-state index contributed by atoms with van der Waals surface area (Å²) < 4.78 is 54.1. The lowest BCUT2D eigenvalue weighted by molar-refractivity contribution is -0.192. The number of esters is 1. The van der Waals surface area contributed by atoms with Gasteiger partial charge >= 0.3 is 18.1 Å². The molecule has 1 saturated heterocycles. The van der Waals surface area contributed by atoms with Crippen LogP contribution in [0.1, 0.15) is 37.3 Å². The lowest BCUT2D eigenvalue weighted by atomic mass is 9.61. The number of carboxylic acid groups (broad SMARTS) is 1. The fraction of sp³-hybridized carbons (Fsp3) is 0.619. The minimum absolute atomic E-state index is 0.174. The summed E-state index contributed by atoms with van der Waals surface area (Å²) >= 11 is 0. The third-order valence-corrected chi connectivity index (χ3v) is 6.80. The number of alkyl halides is 3. The van der Waals surface area contributed by atoms with Gasteiger partial charge in [0.2, 0.25) is 12.5 Å². The number of carbonyl (C=O) groups excluding carboxylic acids is 1. The molecule has 2 bridgehead atoms. The van der Waals surface area contributed by atoms with Gasteiger partial charge in [0.05, 0.1) is 7.11 Å². The van der Waals surface area contributed by atoms with E-state index in [1.807, 2.05) is 6.07 Å². The molecule has 5 rings (SSSR count). The Morgan fingerprint density at radius 3 is 2.58 bits per heavy atom. The van der Waals surface area contributed by atoms with Crippen molar-refractivity contribution < 1.29 is 51.9 Å². The zero-order chi connectivity index (χ0) is 24.1. The van der Waals surface area contributed by atoms with Crippen LogP contribution in [0.5, 0.6) is 17.2 Å². The fourth-order valence-corrected chi connectivity index (χ4v) is 5.62. The number of hydrogen-bond donors (Lipinski definition) is 2. The van der Waals surface area contributed by atoms with E-state index >= 15 is 0 Å². The minimum atomic E-state index is -5.08. The molecule has 9 nitrogen and oxygen atoms in total. The van der Waals surface area contributed by atoms with Crippen molar-refractivity contribution in [2.24, 2.45) is 0 Å². The van der Waals surface area contributed by atoms with Crippen molar-refractivity contribution in [2.45, 2.75) is 62.6 Å². The van der Waals surface area contributed by atoms with Crippen molar-refractivity contribution in [3.8, 4) is 17.2 Å². The van der Waals surface area contributed by atoms with Crippen molar-refractivity contribution in [1.82, 2.24) is 4.90 Å². The third kappa shape index (κ3) is 3.74. The van der Waals surface area contributed by atoms with E-state index in [1.165, 1.54) is 6.92 Å². The highest BCUT2D eigenvalue weighted by Crippen LogP contribution is 2.58. The summed E-state index contributed by atoms with van der Waals surface area (Å²) in [5.74, 6) is -1.11. The third-order valence-electron chi connectivity index (χ3n) is 6.80. The number of ether oxygens (including phenoxy) is 4. The molecule has 3 heterocycles. The summed E-state index contributed by atoms with van der Waals surface area (Å²) in [6, 6.07) is 2.25. The molecule has 12 heteroatoms. The van der Waals surface area contributed by atoms with Crippen LogP contribution >= 0.6 is 0 Å². The molecule has 2 fully saturated rings. The van der Waals surface area contributed by atoms with Crippen molar-refractivity contribution in [1.29, 1.82) is 0 Å². The Morgan fingerprint density at radius 1 is 1.27 bits per heavy atom. The van der Waals surface area contributed by atoms with E-state index < -0.39 is 29.8 Å². The maximum absolute atomic E-state index is 11.5. The fourth-order valence-electron chi connectivity index (χ4n) is 5.62. The molecule has 1 aromatic carbocycles. The van der Waals surface area contributed by atoms with Crippen LogP contribution in [-0.2, 0) is 26.3 Å². The van der Waals surface area contributed by atoms with Gasteiger partial charge in [-0.15, -0.1) is 0 Å². The second kappa shape index (κ2) is 8.24. The van der Waals surface area contributed by atoms with Gasteiger partial charge in [-0.2, -0.15) is 13.2 Å². The highest BCUT2D eigenvalue weighted by Gasteiger charge is 2.61. The van der Waals surface area contributed by atoms with Crippen LogP contribution in [0, 0.1) is 0 Å². The Balaban J connectivity index is 0.000000325. The number of halogens is 3. The molecule has 0 spiro atoms. The summed E-state index contributed by atoms with van der Waals surface area (Å²) in [6.07, 6.45) is -3.91. The Hall–Kier alpha value is -2.73. The van der Waals surface area contributed by atoms with Gasteiger partial charge in [0.25, 0.3) is 0 Å². The minimum Gasteiger partial charge on any atom is -0.492 e. The number of aliphatic carboxylic acids is 1. The lowest BCUT2D eigenvalue weighted by Crippen LogP contribution is -2.61. The first-order valence-corrected chi connectivity index (χ1v) is 10.4. The van der Waals surface area contributed by atoms with Crippen LogP contribution in [0.2, 0.25) is 0 Å². The number of benzene rings is 1. The van der Waals surface area contributed by atoms with Gasteiger partial charge in [-0.3, -0.25) is 9.69 Å². The molecule has 3 aliphatic heterocycles. The number of fused-ring (bicyclic) bond motifs is 2. The Labute approximate surface area is 187 Å². The lowest BCUT2D eigenvalue weighted by Gasteiger charge is -2.51.